The highest BCUT2D eigenvalue weighted by Crippen LogP contribution is 2.37. The van der Waals surface area contributed by atoms with E-state index in [1.165, 1.54) is 27.6 Å². The number of aryl methyl sites for hydroxylation is 1. The van der Waals surface area contributed by atoms with Crippen molar-refractivity contribution in [3.05, 3.63) is 65.7 Å². The summed E-state index contributed by atoms with van der Waals surface area (Å²) in [4.78, 5) is 0. The quantitative estimate of drug-likeness (QED) is 0.619. The van der Waals surface area contributed by atoms with Crippen molar-refractivity contribution in [3.8, 4) is 11.1 Å². The second-order valence-corrected chi connectivity index (χ2v) is 4.95. The molecule has 0 aliphatic rings. The molecule has 0 aliphatic carbocycles. The predicted molar refractivity (Wildman–Crippen MR) is 83.3 cm³/mol. The second kappa shape index (κ2) is 4.43. The van der Waals surface area contributed by atoms with Crippen LogP contribution in [0.3, 0.4) is 0 Å². The van der Waals surface area contributed by atoms with E-state index in [-0.39, 0.29) is 0 Å². The molecule has 94 valence electrons. The van der Waals surface area contributed by atoms with Crippen LogP contribution < -0.4 is 5.73 Å². The van der Waals surface area contributed by atoms with E-state index in [1.807, 2.05) is 12.1 Å². The van der Waals surface area contributed by atoms with E-state index in [1.54, 1.807) is 0 Å². The SMILES string of the molecule is Cc1c(-c2ccccc2)c(C)c2ccccc2c1N. The Labute approximate surface area is 113 Å². The number of fused-ring (bicyclic) bond motifs is 1. The van der Waals surface area contributed by atoms with Gasteiger partial charge in [0.25, 0.3) is 0 Å². The monoisotopic (exact) mass is 247 g/mol. The van der Waals surface area contributed by atoms with Crippen LogP contribution in [0.25, 0.3) is 21.9 Å². The highest BCUT2D eigenvalue weighted by Gasteiger charge is 2.13. The zero-order valence-electron chi connectivity index (χ0n) is 11.3. The molecule has 0 saturated carbocycles. The fourth-order valence-electron chi connectivity index (χ4n) is 2.84. The molecule has 1 nitrogen and oxygen atoms in total. The van der Waals surface area contributed by atoms with Gasteiger partial charge >= 0.3 is 0 Å². The van der Waals surface area contributed by atoms with Crippen molar-refractivity contribution >= 4 is 16.5 Å². The molecule has 3 aromatic carbocycles. The van der Waals surface area contributed by atoms with Gasteiger partial charge in [-0.2, -0.15) is 0 Å². The Hall–Kier alpha value is -2.28. The summed E-state index contributed by atoms with van der Waals surface area (Å²) in [7, 11) is 0. The van der Waals surface area contributed by atoms with E-state index in [2.05, 4.69) is 56.3 Å². The normalized spacial score (nSPS) is 10.8. The van der Waals surface area contributed by atoms with E-state index in [0.717, 1.165) is 11.1 Å². The number of rotatable bonds is 1. The Morgan fingerprint density at radius 2 is 1.26 bits per heavy atom. The molecule has 0 spiro atoms. The maximum absolute atomic E-state index is 6.33. The van der Waals surface area contributed by atoms with Crippen molar-refractivity contribution in [1.82, 2.24) is 0 Å². The second-order valence-electron chi connectivity index (χ2n) is 4.95. The number of anilines is 1. The van der Waals surface area contributed by atoms with Crippen LogP contribution in [0.2, 0.25) is 0 Å². The molecule has 19 heavy (non-hydrogen) atoms. The number of nitrogens with two attached hydrogens (primary N) is 1. The molecule has 3 aromatic rings. The third kappa shape index (κ3) is 1.78. The molecular formula is C18H17N. The third-order valence-corrected chi connectivity index (χ3v) is 3.84. The number of nitrogen functional groups attached to an aromatic ring is 1. The van der Waals surface area contributed by atoms with Crippen molar-refractivity contribution in [2.75, 3.05) is 5.73 Å². The minimum Gasteiger partial charge on any atom is -0.398 e. The predicted octanol–water partition coefficient (Wildman–Crippen LogP) is 4.71. The van der Waals surface area contributed by atoms with Gasteiger partial charge in [-0.25, -0.2) is 0 Å². The maximum Gasteiger partial charge on any atom is 0.0429 e. The highest BCUT2D eigenvalue weighted by molar-refractivity contribution is 6.02. The Bertz CT molecular complexity index is 742. The van der Waals surface area contributed by atoms with E-state index < -0.39 is 0 Å². The molecule has 0 unspecified atom stereocenters. The molecule has 0 atom stereocenters. The van der Waals surface area contributed by atoms with Crippen molar-refractivity contribution < 1.29 is 0 Å². The lowest BCUT2D eigenvalue weighted by molar-refractivity contribution is 1.42. The minimum atomic E-state index is 0.889. The Morgan fingerprint density at radius 3 is 1.95 bits per heavy atom. The van der Waals surface area contributed by atoms with Gasteiger partial charge in [-0.3, -0.25) is 0 Å². The molecule has 0 heterocycles. The van der Waals surface area contributed by atoms with Crippen LogP contribution in [0.4, 0.5) is 5.69 Å². The summed E-state index contributed by atoms with van der Waals surface area (Å²) in [5, 5.41) is 2.39. The van der Waals surface area contributed by atoms with Crippen molar-refractivity contribution in [1.29, 1.82) is 0 Å². The van der Waals surface area contributed by atoms with Gasteiger partial charge in [-0.15, -0.1) is 0 Å². The maximum atomic E-state index is 6.33. The lowest BCUT2D eigenvalue weighted by atomic mass is 9.89. The standard InChI is InChI=1S/C18H17N/c1-12-15-10-6-7-11-16(15)18(19)13(2)17(12)14-8-4-3-5-9-14/h3-11H,19H2,1-2H3. The molecule has 1 heteroatoms. The number of hydrogen-bond donors (Lipinski definition) is 1. The van der Waals surface area contributed by atoms with Crippen molar-refractivity contribution in [2.45, 2.75) is 13.8 Å². The summed E-state index contributed by atoms with van der Waals surface area (Å²) in [6.45, 7) is 4.29. The molecule has 0 aromatic heterocycles. The summed E-state index contributed by atoms with van der Waals surface area (Å²) in [5.74, 6) is 0. The van der Waals surface area contributed by atoms with Gasteiger partial charge in [0.2, 0.25) is 0 Å². The van der Waals surface area contributed by atoms with E-state index in [0.29, 0.717) is 0 Å². The Kier molecular flexibility index (Phi) is 2.75. The molecule has 0 aliphatic heterocycles. The molecule has 0 radical (unpaired) electrons. The van der Waals surface area contributed by atoms with Crippen LogP contribution >= 0.6 is 0 Å². The summed E-state index contributed by atoms with van der Waals surface area (Å²) in [5.41, 5.74) is 12.2. The summed E-state index contributed by atoms with van der Waals surface area (Å²) in [6, 6.07) is 18.8. The van der Waals surface area contributed by atoms with Crippen LogP contribution in [0.5, 0.6) is 0 Å². The fraction of sp³-hybridized carbons (Fsp3) is 0.111. The van der Waals surface area contributed by atoms with Gasteiger partial charge in [0.15, 0.2) is 0 Å². The fourth-order valence-corrected chi connectivity index (χ4v) is 2.84. The largest absolute Gasteiger partial charge is 0.398 e. The topological polar surface area (TPSA) is 26.0 Å². The van der Waals surface area contributed by atoms with Crippen molar-refractivity contribution in [2.24, 2.45) is 0 Å². The summed E-state index contributed by atoms with van der Waals surface area (Å²) < 4.78 is 0. The van der Waals surface area contributed by atoms with Crippen LogP contribution in [0.1, 0.15) is 11.1 Å². The van der Waals surface area contributed by atoms with Crippen LogP contribution in [-0.2, 0) is 0 Å². The van der Waals surface area contributed by atoms with Gasteiger partial charge in [-0.05, 0) is 41.5 Å². The third-order valence-electron chi connectivity index (χ3n) is 3.84. The van der Waals surface area contributed by atoms with Gasteiger partial charge in [-0.1, -0.05) is 54.6 Å². The van der Waals surface area contributed by atoms with Crippen LogP contribution in [-0.4, -0.2) is 0 Å². The first-order chi connectivity index (χ1) is 9.20. The van der Waals surface area contributed by atoms with Gasteiger partial charge < -0.3 is 5.73 Å². The average Bonchev–Trinajstić information content (AvgIpc) is 2.46. The van der Waals surface area contributed by atoms with Crippen LogP contribution in [0.15, 0.2) is 54.6 Å². The van der Waals surface area contributed by atoms with Gasteiger partial charge in [0.05, 0.1) is 0 Å². The molecular weight excluding hydrogens is 230 g/mol. The smallest absolute Gasteiger partial charge is 0.0429 e. The molecule has 0 saturated heterocycles. The zero-order chi connectivity index (χ0) is 13.4. The lowest BCUT2D eigenvalue weighted by Gasteiger charge is -2.16. The molecule has 2 N–H and O–H groups in total. The molecule has 0 bridgehead atoms. The zero-order valence-corrected chi connectivity index (χ0v) is 11.3. The molecule has 0 fully saturated rings. The molecule has 0 amide bonds. The van der Waals surface area contributed by atoms with Gasteiger partial charge in [0.1, 0.15) is 0 Å². The van der Waals surface area contributed by atoms with E-state index >= 15 is 0 Å². The Balaban J connectivity index is 2.44. The average molecular weight is 247 g/mol. The Morgan fingerprint density at radius 1 is 0.684 bits per heavy atom. The van der Waals surface area contributed by atoms with Crippen LogP contribution in [0, 0.1) is 13.8 Å². The number of benzene rings is 3. The summed E-state index contributed by atoms with van der Waals surface area (Å²) in [6.07, 6.45) is 0. The summed E-state index contributed by atoms with van der Waals surface area (Å²) >= 11 is 0. The van der Waals surface area contributed by atoms with Gasteiger partial charge in [0, 0.05) is 11.1 Å². The number of hydrogen-bond acceptors (Lipinski definition) is 1. The van der Waals surface area contributed by atoms with E-state index in [4.69, 9.17) is 5.73 Å². The molecule has 3 rings (SSSR count). The minimum absolute atomic E-state index is 0.889. The highest BCUT2D eigenvalue weighted by atomic mass is 14.6. The first-order valence-electron chi connectivity index (χ1n) is 6.53. The first-order valence-corrected chi connectivity index (χ1v) is 6.53. The first kappa shape index (κ1) is 11.8. The lowest BCUT2D eigenvalue weighted by Crippen LogP contribution is -1.98. The van der Waals surface area contributed by atoms with E-state index in [9.17, 15) is 0 Å². The van der Waals surface area contributed by atoms with Crippen molar-refractivity contribution in [3.63, 3.8) is 0 Å².